The van der Waals surface area contributed by atoms with Crippen LogP contribution in [0, 0.1) is 17.2 Å². The molecule has 0 amide bonds. The second-order valence-corrected chi connectivity index (χ2v) is 6.08. The Morgan fingerprint density at radius 1 is 1.40 bits per heavy atom. The Labute approximate surface area is 150 Å². The Morgan fingerprint density at radius 3 is 2.72 bits per heavy atom. The van der Waals surface area contributed by atoms with Gasteiger partial charge in [-0.3, -0.25) is 9.79 Å². The molecule has 25 heavy (non-hydrogen) atoms. The lowest BCUT2D eigenvalue weighted by atomic mass is 9.75. The molecule has 0 spiro atoms. The van der Waals surface area contributed by atoms with Gasteiger partial charge in [-0.15, -0.1) is 0 Å². The number of benzene rings is 1. The molecule has 1 N–H and O–H groups in total. The zero-order valence-electron chi connectivity index (χ0n) is 13.8. The van der Waals surface area contributed by atoms with Crippen LogP contribution in [-0.4, -0.2) is 29.4 Å². The van der Waals surface area contributed by atoms with Crippen LogP contribution in [0.3, 0.4) is 0 Å². The molecule has 130 valence electrons. The van der Waals surface area contributed by atoms with Crippen molar-refractivity contribution in [3.63, 3.8) is 0 Å². The number of carbonyl (C=O) groups is 2. The predicted molar refractivity (Wildman–Crippen MR) is 92.3 cm³/mol. The van der Waals surface area contributed by atoms with E-state index in [0.717, 1.165) is 0 Å². The van der Waals surface area contributed by atoms with Crippen LogP contribution in [0.2, 0.25) is 5.02 Å². The lowest BCUT2D eigenvalue weighted by Crippen LogP contribution is -2.35. The van der Waals surface area contributed by atoms with Gasteiger partial charge in [-0.2, -0.15) is 5.26 Å². The number of aliphatic imine (C=N–C) groups is 1. The molecule has 0 bridgehead atoms. The second kappa shape index (κ2) is 7.95. The number of nitriles is 1. The maximum Gasteiger partial charge on any atom is 0.336 e. The van der Waals surface area contributed by atoms with Gasteiger partial charge in [-0.05, 0) is 31.5 Å². The van der Waals surface area contributed by atoms with E-state index in [9.17, 15) is 14.7 Å². The summed E-state index contributed by atoms with van der Waals surface area (Å²) < 4.78 is 5.12. The SMILES string of the molecule is CC1=NC(C)=C(C(=O)OCCC#N)C(c2cccc(Cl)c2)C1C(=O)O. The fraction of sp³-hybridized carbons (Fsp3) is 0.333. The normalized spacial score (nSPS) is 19.8. The van der Waals surface area contributed by atoms with Crippen LogP contribution >= 0.6 is 11.6 Å². The first-order valence-corrected chi connectivity index (χ1v) is 8.03. The number of rotatable bonds is 5. The summed E-state index contributed by atoms with van der Waals surface area (Å²) in [5.74, 6) is -3.51. The van der Waals surface area contributed by atoms with Crippen molar-refractivity contribution in [3.05, 3.63) is 46.1 Å². The van der Waals surface area contributed by atoms with Gasteiger partial charge in [-0.1, -0.05) is 23.7 Å². The van der Waals surface area contributed by atoms with E-state index < -0.39 is 23.8 Å². The Bertz CT molecular complexity index is 808. The molecule has 0 saturated heterocycles. The molecule has 7 heteroatoms. The van der Waals surface area contributed by atoms with Crippen molar-refractivity contribution in [2.24, 2.45) is 10.9 Å². The highest BCUT2D eigenvalue weighted by atomic mass is 35.5. The van der Waals surface area contributed by atoms with Crippen LogP contribution in [-0.2, 0) is 14.3 Å². The van der Waals surface area contributed by atoms with Crippen LogP contribution in [0.15, 0.2) is 40.5 Å². The first-order valence-electron chi connectivity index (χ1n) is 7.65. The predicted octanol–water partition coefficient (Wildman–Crippen LogP) is 3.33. The molecule has 2 unspecified atom stereocenters. The molecule has 1 aliphatic heterocycles. The molecule has 6 nitrogen and oxygen atoms in total. The molecule has 1 heterocycles. The topological polar surface area (TPSA) is 99.8 Å². The van der Waals surface area contributed by atoms with Gasteiger partial charge in [0.15, 0.2) is 0 Å². The van der Waals surface area contributed by atoms with Crippen molar-refractivity contribution < 1.29 is 19.4 Å². The highest BCUT2D eigenvalue weighted by Gasteiger charge is 2.41. The van der Waals surface area contributed by atoms with Gasteiger partial charge >= 0.3 is 11.9 Å². The van der Waals surface area contributed by atoms with E-state index in [-0.39, 0.29) is 18.6 Å². The molecule has 0 radical (unpaired) electrons. The zero-order chi connectivity index (χ0) is 18.6. The van der Waals surface area contributed by atoms with Crippen molar-refractivity contribution in [1.82, 2.24) is 0 Å². The number of esters is 1. The van der Waals surface area contributed by atoms with Crippen LogP contribution < -0.4 is 0 Å². The van der Waals surface area contributed by atoms with Crippen molar-refractivity contribution >= 4 is 29.3 Å². The minimum atomic E-state index is -1.08. The van der Waals surface area contributed by atoms with Crippen LogP contribution in [0.25, 0.3) is 0 Å². The highest BCUT2D eigenvalue weighted by molar-refractivity contribution is 6.30. The number of hydrogen-bond donors (Lipinski definition) is 1. The van der Waals surface area contributed by atoms with Crippen molar-refractivity contribution in [1.29, 1.82) is 5.26 Å². The van der Waals surface area contributed by atoms with E-state index in [1.165, 1.54) is 0 Å². The number of carbonyl (C=O) groups excluding carboxylic acids is 1. The Morgan fingerprint density at radius 2 is 2.12 bits per heavy atom. The number of halogens is 1. The fourth-order valence-electron chi connectivity index (χ4n) is 2.95. The van der Waals surface area contributed by atoms with E-state index in [1.54, 1.807) is 38.1 Å². The summed E-state index contributed by atoms with van der Waals surface area (Å²) in [6, 6.07) is 8.62. The molecule has 2 atom stereocenters. The summed E-state index contributed by atoms with van der Waals surface area (Å²) in [5, 5.41) is 18.7. The lowest BCUT2D eigenvalue weighted by Gasteiger charge is -2.30. The maximum atomic E-state index is 12.5. The molecular weight excluding hydrogens is 344 g/mol. The number of carboxylic acid groups (broad SMARTS) is 1. The third kappa shape index (κ3) is 4.06. The summed E-state index contributed by atoms with van der Waals surface area (Å²) >= 11 is 6.05. The van der Waals surface area contributed by atoms with E-state index in [0.29, 0.717) is 22.0 Å². The summed E-state index contributed by atoms with van der Waals surface area (Å²) in [7, 11) is 0. The molecule has 0 fully saturated rings. The molecule has 0 aromatic heterocycles. The Kier molecular flexibility index (Phi) is 5.94. The van der Waals surface area contributed by atoms with Crippen LogP contribution in [0.4, 0.5) is 0 Å². The van der Waals surface area contributed by atoms with Crippen molar-refractivity contribution in [2.75, 3.05) is 6.61 Å². The number of allylic oxidation sites excluding steroid dienone is 1. The zero-order valence-corrected chi connectivity index (χ0v) is 14.6. The van der Waals surface area contributed by atoms with Crippen molar-refractivity contribution in [2.45, 2.75) is 26.2 Å². The van der Waals surface area contributed by atoms with Gasteiger partial charge in [0.1, 0.15) is 12.5 Å². The summed E-state index contributed by atoms with van der Waals surface area (Å²) in [6.45, 7) is 3.20. The standard InChI is InChI=1S/C18H17ClN2O4/c1-10-14(17(22)23)16(12-5-3-6-13(19)9-12)15(11(2)21-10)18(24)25-8-4-7-20/h3,5-6,9,14,16H,4,8H2,1-2H3,(H,22,23). The minimum Gasteiger partial charge on any atom is -0.481 e. The van der Waals surface area contributed by atoms with Gasteiger partial charge in [0.25, 0.3) is 0 Å². The summed E-state index contributed by atoms with van der Waals surface area (Å²) in [4.78, 5) is 28.6. The molecule has 1 aliphatic rings. The largest absolute Gasteiger partial charge is 0.481 e. The third-order valence-electron chi connectivity index (χ3n) is 3.97. The molecule has 0 saturated carbocycles. The lowest BCUT2D eigenvalue weighted by molar-refractivity contribution is -0.141. The summed E-state index contributed by atoms with van der Waals surface area (Å²) in [6.07, 6.45) is 0.0601. The number of ether oxygens (including phenoxy) is 1. The Balaban J connectivity index is 2.54. The number of nitrogens with zero attached hydrogens (tertiary/aromatic N) is 2. The fourth-order valence-corrected chi connectivity index (χ4v) is 3.15. The Hall–Kier alpha value is -2.65. The van der Waals surface area contributed by atoms with E-state index in [2.05, 4.69) is 4.99 Å². The van der Waals surface area contributed by atoms with Crippen LogP contribution in [0.1, 0.15) is 31.7 Å². The summed E-state index contributed by atoms with van der Waals surface area (Å²) in [5.41, 5.74) is 1.59. The van der Waals surface area contributed by atoms with Crippen LogP contribution in [0.5, 0.6) is 0 Å². The monoisotopic (exact) mass is 360 g/mol. The quantitative estimate of drug-likeness (QED) is 0.641. The molecule has 0 aliphatic carbocycles. The minimum absolute atomic E-state index is 0.0601. The van der Waals surface area contributed by atoms with Gasteiger partial charge in [-0.25, -0.2) is 4.79 Å². The smallest absolute Gasteiger partial charge is 0.336 e. The highest BCUT2D eigenvalue weighted by Crippen LogP contribution is 2.40. The van der Waals surface area contributed by atoms with Gasteiger partial charge in [0.2, 0.25) is 0 Å². The van der Waals surface area contributed by atoms with E-state index in [4.69, 9.17) is 21.6 Å². The van der Waals surface area contributed by atoms with E-state index >= 15 is 0 Å². The van der Waals surface area contributed by atoms with Crippen molar-refractivity contribution in [3.8, 4) is 6.07 Å². The first kappa shape index (κ1) is 18.7. The molecular formula is C18H17ClN2O4. The average Bonchev–Trinajstić information content (AvgIpc) is 2.53. The maximum absolute atomic E-state index is 12.5. The molecule has 2 rings (SSSR count). The third-order valence-corrected chi connectivity index (χ3v) is 4.20. The van der Waals surface area contributed by atoms with Gasteiger partial charge < -0.3 is 9.84 Å². The van der Waals surface area contributed by atoms with Gasteiger partial charge in [0, 0.05) is 22.3 Å². The number of aliphatic carboxylic acids is 1. The molecule has 1 aromatic carbocycles. The first-order chi connectivity index (χ1) is 11.9. The van der Waals surface area contributed by atoms with E-state index in [1.807, 2.05) is 6.07 Å². The number of hydrogen-bond acceptors (Lipinski definition) is 5. The number of carboxylic acids is 1. The average molecular weight is 361 g/mol. The molecule has 1 aromatic rings. The van der Waals surface area contributed by atoms with Gasteiger partial charge in [0.05, 0.1) is 18.1 Å². The second-order valence-electron chi connectivity index (χ2n) is 5.64.